The van der Waals surface area contributed by atoms with E-state index in [4.69, 9.17) is 9.40 Å². The average molecular weight is 483 g/mol. The van der Waals surface area contributed by atoms with Gasteiger partial charge >= 0.3 is 7.60 Å². The minimum absolute atomic E-state index is 0.325. The molecule has 1 fully saturated rings. The highest BCUT2D eigenvalue weighted by Crippen LogP contribution is 2.39. The van der Waals surface area contributed by atoms with E-state index in [0.29, 0.717) is 23.6 Å². The van der Waals surface area contributed by atoms with Gasteiger partial charge < -0.3 is 19.5 Å². The summed E-state index contributed by atoms with van der Waals surface area (Å²) in [5.74, 6) is 1.68. The molecule has 0 radical (unpaired) electrons. The van der Waals surface area contributed by atoms with E-state index >= 15 is 0 Å². The molecule has 3 N–H and O–H groups in total. The fourth-order valence-corrected chi connectivity index (χ4v) is 6.36. The van der Waals surface area contributed by atoms with Crippen LogP contribution in [0.3, 0.4) is 0 Å². The Hall–Kier alpha value is -2.44. The number of nitrogens with zero attached hydrogens (tertiary/aromatic N) is 1. The van der Waals surface area contributed by atoms with Gasteiger partial charge in [0, 0.05) is 17.2 Å². The van der Waals surface area contributed by atoms with E-state index in [9.17, 15) is 14.4 Å². The molecule has 2 unspecified atom stereocenters. The van der Waals surface area contributed by atoms with Crippen molar-refractivity contribution >= 4 is 39.8 Å². The number of thiazole rings is 1. The molecule has 6 nitrogen and oxygen atoms in total. The highest BCUT2D eigenvalue weighted by Gasteiger charge is 2.28. The minimum atomic E-state index is -4.42. The van der Waals surface area contributed by atoms with Crippen molar-refractivity contribution in [3.63, 3.8) is 0 Å². The van der Waals surface area contributed by atoms with Crippen LogP contribution in [0.2, 0.25) is 0 Å². The first-order valence-electron chi connectivity index (χ1n) is 11.2. The van der Waals surface area contributed by atoms with Crippen LogP contribution in [0.4, 0.5) is 5.13 Å². The van der Waals surface area contributed by atoms with Crippen LogP contribution in [-0.4, -0.2) is 20.8 Å². The topological polar surface area (TPSA) is 95.6 Å². The molecule has 2 aromatic carbocycles. The highest BCUT2D eigenvalue weighted by atomic mass is 32.1. The Bertz CT molecular complexity index is 1330. The third kappa shape index (κ3) is 4.51. The Labute approximate surface area is 196 Å². The second-order valence-electron chi connectivity index (χ2n) is 8.99. The molecule has 1 aliphatic rings. The van der Waals surface area contributed by atoms with Crippen molar-refractivity contribution in [1.82, 2.24) is 4.98 Å². The van der Waals surface area contributed by atoms with Crippen LogP contribution in [0.15, 0.2) is 59.0 Å². The number of aromatic nitrogens is 1. The molecule has 2 atom stereocenters. The maximum atomic E-state index is 11.5. The van der Waals surface area contributed by atoms with Gasteiger partial charge in [0.25, 0.3) is 0 Å². The number of rotatable bonds is 5. The Morgan fingerprint density at radius 2 is 1.76 bits per heavy atom. The van der Waals surface area contributed by atoms with Gasteiger partial charge in [-0.2, -0.15) is 0 Å². The summed E-state index contributed by atoms with van der Waals surface area (Å²) in [5, 5.41) is 4.68. The zero-order valence-corrected chi connectivity index (χ0v) is 20.3. The molecule has 1 aliphatic carbocycles. The van der Waals surface area contributed by atoms with E-state index in [1.165, 1.54) is 25.3 Å². The lowest BCUT2D eigenvalue weighted by Gasteiger charge is -2.35. The van der Waals surface area contributed by atoms with Crippen LogP contribution >= 0.6 is 18.9 Å². The predicted molar refractivity (Wildman–Crippen MR) is 134 cm³/mol. The lowest BCUT2D eigenvalue weighted by Crippen LogP contribution is -2.36. The number of benzene rings is 2. The van der Waals surface area contributed by atoms with Crippen molar-refractivity contribution in [2.45, 2.75) is 39.2 Å². The molecule has 1 saturated carbocycles. The SMILES string of the molecule is CC1CCCC(C)C1Nc1nc2cccc(-c3cccc(-c4ccc(P(=O)(O)O)o4)c3)c2s1. The van der Waals surface area contributed by atoms with Crippen molar-refractivity contribution in [2.24, 2.45) is 11.8 Å². The van der Waals surface area contributed by atoms with Crippen molar-refractivity contribution in [3.8, 4) is 22.5 Å². The number of furan rings is 1. The maximum Gasteiger partial charge on any atom is 0.391 e. The van der Waals surface area contributed by atoms with Crippen LogP contribution in [0, 0.1) is 11.8 Å². The molecule has 5 rings (SSSR count). The summed E-state index contributed by atoms with van der Waals surface area (Å²) >= 11 is 1.68. The number of hydrogen-bond donors (Lipinski definition) is 3. The zero-order chi connectivity index (χ0) is 23.2. The van der Waals surface area contributed by atoms with E-state index < -0.39 is 7.60 Å². The van der Waals surface area contributed by atoms with Crippen molar-refractivity contribution in [3.05, 3.63) is 54.6 Å². The summed E-state index contributed by atoms with van der Waals surface area (Å²) < 4.78 is 18.0. The summed E-state index contributed by atoms with van der Waals surface area (Å²) in [6.07, 6.45) is 3.80. The van der Waals surface area contributed by atoms with Gasteiger partial charge in [-0.05, 0) is 54.5 Å². The first-order valence-corrected chi connectivity index (χ1v) is 13.7. The third-order valence-electron chi connectivity index (χ3n) is 6.59. The van der Waals surface area contributed by atoms with Crippen LogP contribution < -0.4 is 10.8 Å². The monoisotopic (exact) mass is 482 g/mol. The van der Waals surface area contributed by atoms with Gasteiger partial charge in [0.2, 0.25) is 5.50 Å². The van der Waals surface area contributed by atoms with Gasteiger partial charge in [0.15, 0.2) is 5.13 Å². The molecule has 0 saturated heterocycles. The standard InChI is InChI=1S/C25H27N2O4PS/c1-15-6-3-7-16(2)23(15)27-25-26-20-11-5-10-19(24(20)33-25)17-8-4-9-18(14-17)21-12-13-22(31-21)32(28,29)30/h4-5,8-16,23H,3,6-7H2,1-2H3,(H,26,27)(H2,28,29,30). The quantitative estimate of drug-likeness (QED) is 0.291. The summed E-state index contributed by atoms with van der Waals surface area (Å²) in [6.45, 7) is 4.65. The van der Waals surface area contributed by atoms with E-state index in [0.717, 1.165) is 32.0 Å². The number of fused-ring (bicyclic) bond motifs is 1. The predicted octanol–water partition coefficient (Wildman–Crippen LogP) is 6.26. The normalized spacial score (nSPS) is 21.4. The van der Waals surface area contributed by atoms with E-state index in [2.05, 4.69) is 25.2 Å². The van der Waals surface area contributed by atoms with Gasteiger partial charge in [-0.1, -0.05) is 61.9 Å². The van der Waals surface area contributed by atoms with E-state index in [-0.39, 0.29) is 5.50 Å². The Morgan fingerprint density at radius 3 is 2.48 bits per heavy atom. The number of hydrogen-bond acceptors (Lipinski definition) is 5. The highest BCUT2D eigenvalue weighted by molar-refractivity contribution is 7.59. The van der Waals surface area contributed by atoms with Crippen molar-refractivity contribution in [2.75, 3.05) is 5.32 Å². The third-order valence-corrected chi connectivity index (χ3v) is 8.44. The Kier molecular flexibility index (Phi) is 5.91. The molecule has 0 aliphatic heterocycles. The second-order valence-corrected chi connectivity index (χ2v) is 11.5. The molecule has 33 heavy (non-hydrogen) atoms. The lowest BCUT2D eigenvalue weighted by atomic mass is 9.79. The summed E-state index contributed by atoms with van der Waals surface area (Å²) in [6, 6.07) is 17.3. The summed E-state index contributed by atoms with van der Waals surface area (Å²) in [7, 11) is -4.42. The lowest BCUT2D eigenvalue weighted by molar-refractivity contribution is 0.268. The number of nitrogens with one attached hydrogen (secondary N) is 1. The summed E-state index contributed by atoms with van der Waals surface area (Å²) in [4.78, 5) is 23.6. The summed E-state index contributed by atoms with van der Waals surface area (Å²) in [5.41, 5.74) is 3.47. The zero-order valence-electron chi connectivity index (χ0n) is 18.6. The van der Waals surface area contributed by atoms with Gasteiger partial charge in [-0.15, -0.1) is 0 Å². The number of anilines is 1. The Morgan fingerprint density at radius 1 is 1.03 bits per heavy atom. The first-order chi connectivity index (χ1) is 15.8. The van der Waals surface area contributed by atoms with Crippen LogP contribution in [0.1, 0.15) is 33.1 Å². The first kappa shape index (κ1) is 22.4. The molecule has 172 valence electrons. The van der Waals surface area contributed by atoms with Gasteiger partial charge in [0.05, 0.1) is 10.2 Å². The average Bonchev–Trinajstić information content (AvgIpc) is 3.43. The van der Waals surface area contributed by atoms with Gasteiger partial charge in [-0.25, -0.2) is 4.98 Å². The molecule has 2 aromatic heterocycles. The molecule has 0 spiro atoms. The van der Waals surface area contributed by atoms with E-state index in [1.807, 2.05) is 36.4 Å². The van der Waals surface area contributed by atoms with Crippen molar-refractivity contribution in [1.29, 1.82) is 0 Å². The van der Waals surface area contributed by atoms with Crippen LogP contribution in [0.5, 0.6) is 0 Å². The van der Waals surface area contributed by atoms with Crippen LogP contribution in [0.25, 0.3) is 32.7 Å². The fourth-order valence-electron chi connectivity index (χ4n) is 4.83. The maximum absolute atomic E-state index is 11.5. The molecule has 4 aromatic rings. The molecule has 0 amide bonds. The molecule has 8 heteroatoms. The smallest absolute Gasteiger partial charge is 0.391 e. The molecular formula is C25H27N2O4PS. The fraction of sp³-hybridized carbons (Fsp3) is 0.320. The second kappa shape index (κ2) is 8.73. The minimum Gasteiger partial charge on any atom is -0.448 e. The molecular weight excluding hydrogens is 455 g/mol. The van der Waals surface area contributed by atoms with Crippen LogP contribution in [-0.2, 0) is 4.57 Å². The van der Waals surface area contributed by atoms with E-state index in [1.54, 1.807) is 17.4 Å². The van der Waals surface area contributed by atoms with Gasteiger partial charge in [0.1, 0.15) is 5.76 Å². The Balaban J connectivity index is 1.48. The van der Waals surface area contributed by atoms with Gasteiger partial charge in [-0.3, -0.25) is 4.57 Å². The molecule has 2 heterocycles. The van der Waals surface area contributed by atoms with Crippen molar-refractivity contribution < 1.29 is 18.8 Å². The molecule has 0 bridgehead atoms. The largest absolute Gasteiger partial charge is 0.448 e.